The fourth-order valence-electron chi connectivity index (χ4n) is 5.19. The minimum absolute atomic E-state index is 0.0380. The Balaban J connectivity index is 1.30. The molecule has 0 aromatic heterocycles. The van der Waals surface area contributed by atoms with Crippen LogP contribution >= 0.6 is 0 Å². The molecule has 6 rings (SSSR count). The number of esters is 2. The molecule has 0 bridgehead atoms. The Kier molecular flexibility index (Phi) is 11.1. The van der Waals surface area contributed by atoms with Crippen LogP contribution in [-0.2, 0) is 9.59 Å². The quantitative estimate of drug-likeness (QED) is 0.0524. The first kappa shape index (κ1) is 36.6. The predicted octanol–water partition coefficient (Wildman–Crippen LogP) is 8.88. The molecule has 0 heterocycles. The summed E-state index contributed by atoms with van der Waals surface area (Å²) >= 11 is 0. The van der Waals surface area contributed by atoms with Crippen LogP contribution in [0.5, 0.6) is 46.0 Å². The molecular weight excluding hydrogens is 688 g/mol. The van der Waals surface area contributed by atoms with Gasteiger partial charge in [-0.3, -0.25) is 9.59 Å². The molecule has 0 unspecified atom stereocenters. The van der Waals surface area contributed by atoms with E-state index >= 15 is 0 Å². The highest BCUT2D eigenvalue weighted by molar-refractivity contribution is 6.31. The number of hydrogen-bond donors (Lipinski definition) is 0. The Morgan fingerprint density at radius 2 is 0.685 bits per heavy atom. The van der Waals surface area contributed by atoms with Crippen LogP contribution in [0.3, 0.4) is 0 Å². The normalized spacial score (nSPS) is 10.5. The highest BCUT2D eigenvalue weighted by Gasteiger charge is 2.26. The van der Waals surface area contributed by atoms with Crippen molar-refractivity contribution in [3.8, 4) is 46.0 Å². The van der Waals surface area contributed by atoms with Crippen LogP contribution in [0.25, 0.3) is 0 Å². The Morgan fingerprint density at radius 1 is 0.370 bits per heavy atom. The van der Waals surface area contributed by atoms with Crippen molar-refractivity contribution in [2.75, 3.05) is 14.2 Å². The number of aryl methyl sites for hydroxylation is 2. The maximum Gasteiger partial charge on any atom is 0.423 e. The Bertz CT molecular complexity index is 2140. The molecule has 0 aliphatic carbocycles. The van der Waals surface area contributed by atoms with Gasteiger partial charge in [-0.05, 0) is 98.8 Å². The van der Waals surface area contributed by atoms with Gasteiger partial charge in [-0.1, -0.05) is 59.7 Å². The van der Waals surface area contributed by atoms with Crippen molar-refractivity contribution >= 4 is 23.5 Å². The molecule has 0 fully saturated rings. The maximum atomic E-state index is 13.4. The zero-order chi connectivity index (χ0) is 38.2. The van der Waals surface area contributed by atoms with E-state index in [1.165, 1.54) is 50.6 Å². The standard InChI is InChI=1S/C44H34O10/c1-27-5-9-29(10-6-27)41(45)31-13-23-37(51-35-19-15-33(49-3)16-20-35)39(25-31)53-43(47)44(48)54-40-26-32(42(46)30-11-7-28(2)8-12-30)14-24-38(40)52-36-21-17-34(50-4)18-22-36/h5-26H,1-4H3. The average Bonchev–Trinajstić information content (AvgIpc) is 3.19. The Morgan fingerprint density at radius 3 is 1.02 bits per heavy atom. The molecule has 270 valence electrons. The lowest BCUT2D eigenvalue weighted by molar-refractivity contribution is -0.156. The first-order valence-electron chi connectivity index (χ1n) is 16.7. The molecule has 6 aromatic rings. The van der Waals surface area contributed by atoms with Crippen molar-refractivity contribution in [3.63, 3.8) is 0 Å². The highest BCUT2D eigenvalue weighted by atomic mass is 16.6. The SMILES string of the molecule is COc1ccc(Oc2ccc(C(=O)c3ccc(C)cc3)cc2OC(=O)C(=O)Oc2cc(C(=O)c3ccc(C)cc3)ccc2Oc2ccc(OC)cc2)cc1. The van der Waals surface area contributed by atoms with E-state index in [0.29, 0.717) is 34.1 Å². The molecule has 0 amide bonds. The molecule has 0 aliphatic rings. The van der Waals surface area contributed by atoms with Crippen molar-refractivity contribution in [1.82, 2.24) is 0 Å². The summed E-state index contributed by atoms with van der Waals surface area (Å²) in [7, 11) is 3.06. The molecule has 54 heavy (non-hydrogen) atoms. The van der Waals surface area contributed by atoms with Crippen LogP contribution in [-0.4, -0.2) is 37.7 Å². The molecular formula is C44H34O10. The van der Waals surface area contributed by atoms with E-state index < -0.39 is 11.9 Å². The highest BCUT2D eigenvalue weighted by Crippen LogP contribution is 2.36. The number of hydrogen-bond acceptors (Lipinski definition) is 10. The monoisotopic (exact) mass is 722 g/mol. The van der Waals surface area contributed by atoms with E-state index in [9.17, 15) is 19.2 Å². The van der Waals surface area contributed by atoms with Gasteiger partial charge in [0.2, 0.25) is 0 Å². The van der Waals surface area contributed by atoms with Crippen LogP contribution in [0, 0.1) is 13.8 Å². The Labute approximate surface area is 311 Å². The van der Waals surface area contributed by atoms with Gasteiger partial charge in [-0.15, -0.1) is 0 Å². The first-order valence-corrected chi connectivity index (χ1v) is 16.7. The smallest absolute Gasteiger partial charge is 0.423 e. The van der Waals surface area contributed by atoms with Gasteiger partial charge in [0, 0.05) is 22.3 Å². The fourth-order valence-corrected chi connectivity index (χ4v) is 5.19. The summed E-state index contributed by atoms with van der Waals surface area (Å²) in [6.45, 7) is 3.81. The molecule has 10 heteroatoms. The van der Waals surface area contributed by atoms with Gasteiger partial charge in [0.15, 0.2) is 34.6 Å². The summed E-state index contributed by atoms with van der Waals surface area (Å²) in [5.41, 5.74) is 3.12. The third-order valence-corrected chi connectivity index (χ3v) is 8.19. The summed E-state index contributed by atoms with van der Waals surface area (Å²) in [5.74, 6) is -2.00. The van der Waals surface area contributed by atoms with Gasteiger partial charge < -0.3 is 28.4 Å². The molecule has 0 aliphatic heterocycles. The van der Waals surface area contributed by atoms with Gasteiger partial charge in [0.1, 0.15) is 23.0 Å². The fraction of sp³-hybridized carbons (Fsp3) is 0.0909. The number of rotatable bonds is 12. The number of benzene rings is 6. The van der Waals surface area contributed by atoms with E-state index in [0.717, 1.165) is 11.1 Å². The molecule has 6 aromatic carbocycles. The van der Waals surface area contributed by atoms with Crippen LogP contribution in [0.15, 0.2) is 133 Å². The predicted molar refractivity (Wildman–Crippen MR) is 200 cm³/mol. The molecule has 0 N–H and O–H groups in total. The van der Waals surface area contributed by atoms with Crippen LogP contribution in [0.2, 0.25) is 0 Å². The second-order valence-electron chi connectivity index (χ2n) is 12.0. The van der Waals surface area contributed by atoms with Gasteiger partial charge in [0.25, 0.3) is 0 Å². The number of carbonyl (C=O) groups excluding carboxylic acids is 4. The van der Waals surface area contributed by atoms with Crippen molar-refractivity contribution in [3.05, 3.63) is 167 Å². The van der Waals surface area contributed by atoms with Gasteiger partial charge >= 0.3 is 11.9 Å². The van der Waals surface area contributed by atoms with Crippen molar-refractivity contribution in [1.29, 1.82) is 0 Å². The molecule has 0 atom stereocenters. The lowest BCUT2D eigenvalue weighted by Gasteiger charge is -2.15. The maximum absolute atomic E-state index is 13.4. The molecule has 10 nitrogen and oxygen atoms in total. The third-order valence-electron chi connectivity index (χ3n) is 8.19. The number of methoxy groups -OCH3 is 2. The van der Waals surface area contributed by atoms with Crippen LogP contribution in [0.1, 0.15) is 43.0 Å². The molecule has 0 saturated heterocycles. The first-order chi connectivity index (χ1) is 26.1. The summed E-state index contributed by atoms with van der Waals surface area (Å²) < 4.78 is 33.5. The summed E-state index contributed by atoms with van der Waals surface area (Å²) in [6.07, 6.45) is 0. The zero-order valence-corrected chi connectivity index (χ0v) is 29.8. The lowest BCUT2D eigenvalue weighted by atomic mass is 10.0. The number of carbonyl (C=O) groups is 4. The van der Waals surface area contributed by atoms with Crippen LogP contribution < -0.4 is 28.4 Å². The number of ketones is 2. The topological polar surface area (TPSA) is 124 Å². The summed E-state index contributed by atoms with van der Waals surface area (Å²) in [5, 5.41) is 0. The van der Waals surface area contributed by atoms with E-state index in [1.54, 1.807) is 97.1 Å². The summed E-state index contributed by atoms with van der Waals surface area (Å²) in [6, 6.07) is 35.8. The minimum Gasteiger partial charge on any atom is -0.497 e. The van der Waals surface area contributed by atoms with E-state index in [4.69, 9.17) is 28.4 Å². The van der Waals surface area contributed by atoms with E-state index in [2.05, 4.69) is 0 Å². The Hall–Kier alpha value is -7.20. The van der Waals surface area contributed by atoms with Gasteiger partial charge in [-0.2, -0.15) is 0 Å². The summed E-state index contributed by atoms with van der Waals surface area (Å²) in [4.78, 5) is 53.7. The lowest BCUT2D eigenvalue weighted by Crippen LogP contribution is -2.26. The average molecular weight is 723 g/mol. The van der Waals surface area contributed by atoms with Crippen molar-refractivity contribution < 1.29 is 47.6 Å². The number of ether oxygens (including phenoxy) is 6. The van der Waals surface area contributed by atoms with Crippen molar-refractivity contribution in [2.24, 2.45) is 0 Å². The third kappa shape index (κ3) is 8.80. The molecule has 0 spiro atoms. The second-order valence-corrected chi connectivity index (χ2v) is 12.0. The minimum atomic E-state index is -1.43. The van der Waals surface area contributed by atoms with Crippen molar-refractivity contribution in [2.45, 2.75) is 13.8 Å². The van der Waals surface area contributed by atoms with Crippen LogP contribution in [0.4, 0.5) is 0 Å². The van der Waals surface area contributed by atoms with E-state index in [1.807, 2.05) is 13.8 Å². The van der Waals surface area contributed by atoms with Gasteiger partial charge in [0.05, 0.1) is 14.2 Å². The zero-order valence-electron chi connectivity index (χ0n) is 29.8. The molecule has 0 radical (unpaired) electrons. The van der Waals surface area contributed by atoms with Gasteiger partial charge in [-0.25, -0.2) is 9.59 Å². The van der Waals surface area contributed by atoms with E-state index in [-0.39, 0.29) is 45.7 Å². The molecule has 0 saturated carbocycles. The second kappa shape index (κ2) is 16.4. The largest absolute Gasteiger partial charge is 0.497 e.